The summed E-state index contributed by atoms with van der Waals surface area (Å²) >= 11 is 0. The zero-order chi connectivity index (χ0) is 12.5. The normalized spacial score (nSPS) is 10.7. The Morgan fingerprint density at radius 2 is 2.22 bits per heavy atom. The van der Waals surface area contributed by atoms with Crippen molar-refractivity contribution in [3.63, 3.8) is 0 Å². The van der Waals surface area contributed by atoms with Gasteiger partial charge in [-0.3, -0.25) is 4.79 Å². The highest BCUT2D eigenvalue weighted by molar-refractivity contribution is 5.85. The Morgan fingerprint density at radius 3 is 2.94 bits per heavy atom. The van der Waals surface area contributed by atoms with E-state index in [-0.39, 0.29) is 5.56 Å². The molecule has 3 aromatic rings. The summed E-state index contributed by atoms with van der Waals surface area (Å²) in [4.78, 5) is 18.7. The van der Waals surface area contributed by atoms with Gasteiger partial charge in [-0.2, -0.15) is 0 Å². The molecule has 3 rings (SSSR count). The molecule has 2 aromatic heterocycles. The first-order valence-electron chi connectivity index (χ1n) is 5.39. The van der Waals surface area contributed by atoms with Crippen molar-refractivity contribution in [1.82, 2.24) is 9.97 Å². The van der Waals surface area contributed by atoms with Gasteiger partial charge in [0.25, 0.3) is 5.56 Å². The molecule has 0 aliphatic carbocycles. The SMILES string of the molecule is COc1ccc2c(=O)[nH]c(-c3ncco3)cc2c1. The number of aromatic amines is 1. The molecule has 18 heavy (non-hydrogen) atoms. The van der Waals surface area contributed by atoms with Crippen LogP contribution in [0.4, 0.5) is 0 Å². The van der Waals surface area contributed by atoms with Gasteiger partial charge in [0, 0.05) is 5.39 Å². The van der Waals surface area contributed by atoms with E-state index < -0.39 is 0 Å². The lowest BCUT2D eigenvalue weighted by Gasteiger charge is -2.03. The number of H-pyrrole nitrogens is 1. The quantitative estimate of drug-likeness (QED) is 0.747. The molecule has 0 saturated carbocycles. The zero-order valence-electron chi connectivity index (χ0n) is 9.64. The predicted molar refractivity (Wildman–Crippen MR) is 66.6 cm³/mol. The Hall–Kier alpha value is -2.56. The first kappa shape index (κ1) is 10.6. The van der Waals surface area contributed by atoms with Crippen LogP contribution in [-0.2, 0) is 0 Å². The predicted octanol–water partition coefficient (Wildman–Crippen LogP) is 2.19. The Morgan fingerprint density at radius 1 is 1.33 bits per heavy atom. The van der Waals surface area contributed by atoms with Crippen molar-refractivity contribution in [2.45, 2.75) is 0 Å². The summed E-state index contributed by atoms with van der Waals surface area (Å²) in [5, 5.41) is 1.39. The molecular weight excluding hydrogens is 232 g/mol. The second-order valence-corrected chi connectivity index (χ2v) is 3.80. The van der Waals surface area contributed by atoms with Gasteiger partial charge in [0.2, 0.25) is 5.89 Å². The zero-order valence-corrected chi connectivity index (χ0v) is 9.64. The number of nitrogens with zero attached hydrogens (tertiary/aromatic N) is 1. The number of hydrogen-bond acceptors (Lipinski definition) is 4. The number of oxazole rings is 1. The van der Waals surface area contributed by atoms with E-state index in [4.69, 9.17) is 9.15 Å². The van der Waals surface area contributed by atoms with Gasteiger partial charge in [-0.1, -0.05) is 0 Å². The molecule has 2 heterocycles. The number of benzene rings is 1. The minimum Gasteiger partial charge on any atom is -0.497 e. The van der Waals surface area contributed by atoms with Gasteiger partial charge in [-0.25, -0.2) is 4.98 Å². The van der Waals surface area contributed by atoms with Crippen molar-refractivity contribution >= 4 is 10.8 Å². The third-order valence-corrected chi connectivity index (χ3v) is 2.71. The molecule has 0 spiro atoms. The van der Waals surface area contributed by atoms with Crippen molar-refractivity contribution in [1.29, 1.82) is 0 Å². The van der Waals surface area contributed by atoms with Crippen LogP contribution in [0.15, 0.2) is 45.9 Å². The second-order valence-electron chi connectivity index (χ2n) is 3.80. The first-order valence-corrected chi connectivity index (χ1v) is 5.39. The van der Waals surface area contributed by atoms with Crippen molar-refractivity contribution in [3.05, 3.63) is 47.1 Å². The van der Waals surface area contributed by atoms with E-state index in [1.165, 1.54) is 12.5 Å². The molecule has 0 fully saturated rings. The van der Waals surface area contributed by atoms with E-state index in [0.717, 1.165) is 5.39 Å². The summed E-state index contributed by atoms with van der Waals surface area (Å²) in [5.41, 5.74) is 0.370. The fourth-order valence-electron chi connectivity index (χ4n) is 1.85. The van der Waals surface area contributed by atoms with Crippen LogP contribution in [0.5, 0.6) is 5.75 Å². The molecule has 0 atom stereocenters. The van der Waals surface area contributed by atoms with Crippen LogP contribution < -0.4 is 10.3 Å². The highest BCUT2D eigenvalue weighted by Crippen LogP contribution is 2.22. The smallest absolute Gasteiger partial charge is 0.256 e. The van der Waals surface area contributed by atoms with E-state index in [0.29, 0.717) is 22.7 Å². The first-order chi connectivity index (χ1) is 8.78. The molecule has 0 saturated heterocycles. The van der Waals surface area contributed by atoms with Crippen LogP contribution in [0.2, 0.25) is 0 Å². The van der Waals surface area contributed by atoms with Gasteiger partial charge < -0.3 is 14.1 Å². The number of pyridine rings is 1. The van der Waals surface area contributed by atoms with Crippen LogP contribution in [0.3, 0.4) is 0 Å². The molecule has 0 aliphatic rings. The number of aromatic nitrogens is 2. The average Bonchev–Trinajstić information content (AvgIpc) is 2.91. The Bertz CT molecular complexity index is 745. The van der Waals surface area contributed by atoms with Gasteiger partial charge in [-0.05, 0) is 29.7 Å². The Kier molecular flexibility index (Phi) is 2.37. The molecule has 0 radical (unpaired) electrons. The third-order valence-electron chi connectivity index (χ3n) is 2.71. The second kappa shape index (κ2) is 4.03. The fraction of sp³-hybridized carbons (Fsp3) is 0.0769. The van der Waals surface area contributed by atoms with Gasteiger partial charge in [0.05, 0.1) is 13.3 Å². The van der Waals surface area contributed by atoms with Crippen molar-refractivity contribution in [2.75, 3.05) is 7.11 Å². The molecule has 0 bridgehead atoms. The highest BCUT2D eigenvalue weighted by Gasteiger charge is 2.07. The molecule has 5 heteroatoms. The lowest BCUT2D eigenvalue weighted by atomic mass is 10.1. The number of fused-ring (bicyclic) bond motifs is 1. The summed E-state index contributed by atoms with van der Waals surface area (Å²) in [7, 11) is 1.59. The number of rotatable bonds is 2. The maximum absolute atomic E-state index is 11.9. The molecule has 0 aliphatic heterocycles. The summed E-state index contributed by atoms with van der Waals surface area (Å²) in [5.74, 6) is 1.09. The van der Waals surface area contributed by atoms with E-state index in [9.17, 15) is 4.79 Å². The number of hydrogen-bond donors (Lipinski definition) is 1. The van der Waals surface area contributed by atoms with Crippen molar-refractivity contribution < 1.29 is 9.15 Å². The van der Waals surface area contributed by atoms with Crippen LogP contribution in [0.25, 0.3) is 22.4 Å². The highest BCUT2D eigenvalue weighted by atomic mass is 16.5. The number of nitrogens with one attached hydrogen (secondary N) is 1. The topological polar surface area (TPSA) is 68.1 Å². The minimum atomic E-state index is -0.177. The fourth-order valence-corrected chi connectivity index (χ4v) is 1.85. The molecule has 0 amide bonds. The Labute approximate surface area is 102 Å². The molecule has 90 valence electrons. The number of methoxy groups -OCH3 is 1. The van der Waals surface area contributed by atoms with Gasteiger partial charge >= 0.3 is 0 Å². The lowest BCUT2D eigenvalue weighted by molar-refractivity contribution is 0.415. The van der Waals surface area contributed by atoms with Crippen LogP contribution in [0.1, 0.15) is 0 Å². The average molecular weight is 242 g/mol. The van der Waals surface area contributed by atoms with E-state index in [2.05, 4.69) is 9.97 Å². The van der Waals surface area contributed by atoms with E-state index >= 15 is 0 Å². The Balaban J connectivity index is 2.28. The number of ether oxygens (including phenoxy) is 1. The van der Waals surface area contributed by atoms with Crippen LogP contribution in [0, 0.1) is 0 Å². The van der Waals surface area contributed by atoms with Crippen molar-refractivity contribution in [3.8, 4) is 17.3 Å². The van der Waals surface area contributed by atoms with Crippen molar-refractivity contribution in [2.24, 2.45) is 0 Å². The third kappa shape index (κ3) is 1.66. The summed E-state index contributed by atoms with van der Waals surface area (Å²) in [6.07, 6.45) is 2.99. The summed E-state index contributed by atoms with van der Waals surface area (Å²) in [6, 6.07) is 7.09. The van der Waals surface area contributed by atoms with Gasteiger partial charge in [0.15, 0.2) is 0 Å². The maximum atomic E-state index is 11.9. The molecular formula is C13H10N2O3. The largest absolute Gasteiger partial charge is 0.497 e. The minimum absolute atomic E-state index is 0.177. The van der Waals surface area contributed by atoms with E-state index in [1.807, 2.05) is 6.07 Å². The monoisotopic (exact) mass is 242 g/mol. The van der Waals surface area contributed by atoms with Crippen LogP contribution in [-0.4, -0.2) is 17.1 Å². The molecule has 1 N–H and O–H groups in total. The molecule has 0 unspecified atom stereocenters. The van der Waals surface area contributed by atoms with E-state index in [1.54, 1.807) is 25.3 Å². The standard InChI is InChI=1S/C13H10N2O3/c1-17-9-2-3-10-8(6-9)7-11(15-12(10)16)13-14-4-5-18-13/h2-7H,1H3,(H,15,16). The summed E-state index contributed by atoms with van der Waals surface area (Å²) < 4.78 is 10.3. The van der Waals surface area contributed by atoms with Crippen LogP contribution >= 0.6 is 0 Å². The van der Waals surface area contributed by atoms with Gasteiger partial charge in [-0.15, -0.1) is 0 Å². The maximum Gasteiger partial charge on any atom is 0.256 e. The molecule has 1 aromatic carbocycles. The lowest BCUT2D eigenvalue weighted by Crippen LogP contribution is -2.07. The summed E-state index contributed by atoms with van der Waals surface area (Å²) in [6.45, 7) is 0. The molecule has 5 nitrogen and oxygen atoms in total. The van der Waals surface area contributed by atoms with Gasteiger partial charge in [0.1, 0.15) is 17.7 Å².